The maximum atomic E-state index is 13.4. The SMILES string of the molecule is CCCCCCCCCCCC[N+](C)(CC)NC(=O)C12CC3CC(CC(C3)C1)C2. The van der Waals surface area contributed by atoms with E-state index < -0.39 is 0 Å². The van der Waals surface area contributed by atoms with Crippen molar-refractivity contribution in [3.05, 3.63) is 0 Å². The van der Waals surface area contributed by atoms with Gasteiger partial charge in [0.15, 0.2) is 0 Å². The lowest BCUT2D eigenvalue weighted by Crippen LogP contribution is -2.63. The molecule has 1 unspecified atom stereocenters. The molecular weight excluding hydrogens is 356 g/mol. The molecule has 4 aliphatic carbocycles. The average Bonchev–Trinajstić information content (AvgIpc) is 2.68. The molecule has 0 aliphatic heterocycles. The number of nitrogens with one attached hydrogen (secondary N) is 1. The minimum atomic E-state index is -0.0127. The van der Waals surface area contributed by atoms with Crippen molar-refractivity contribution in [3.8, 4) is 0 Å². The average molecular weight is 406 g/mol. The second kappa shape index (κ2) is 10.6. The van der Waals surface area contributed by atoms with Crippen LogP contribution in [0.25, 0.3) is 0 Å². The van der Waals surface area contributed by atoms with Gasteiger partial charge in [0, 0.05) is 0 Å². The highest BCUT2D eigenvalue weighted by atomic mass is 16.2. The van der Waals surface area contributed by atoms with Gasteiger partial charge in [-0.15, -0.1) is 0 Å². The van der Waals surface area contributed by atoms with E-state index in [4.69, 9.17) is 0 Å². The van der Waals surface area contributed by atoms with Crippen LogP contribution >= 0.6 is 0 Å². The van der Waals surface area contributed by atoms with Gasteiger partial charge in [0.1, 0.15) is 6.54 Å². The van der Waals surface area contributed by atoms with Gasteiger partial charge in [-0.1, -0.05) is 58.3 Å². The number of carbonyl (C=O) groups excluding carboxylic acids is 1. The summed E-state index contributed by atoms with van der Waals surface area (Å²) in [7, 11) is 2.24. The number of nitrogens with zero attached hydrogens (tertiary/aromatic N) is 1. The fourth-order valence-electron chi connectivity index (χ4n) is 6.99. The molecule has 168 valence electrons. The van der Waals surface area contributed by atoms with Crippen LogP contribution in [0, 0.1) is 23.2 Å². The Morgan fingerprint density at radius 3 is 1.69 bits per heavy atom. The Morgan fingerprint density at radius 1 is 0.793 bits per heavy atom. The largest absolute Gasteiger partial charge is 0.271 e. The third-order valence-corrected chi connectivity index (χ3v) is 8.59. The second-order valence-electron chi connectivity index (χ2n) is 11.3. The van der Waals surface area contributed by atoms with E-state index in [1.165, 1.54) is 103 Å². The molecule has 1 atom stereocenters. The lowest BCUT2D eigenvalue weighted by Gasteiger charge is -2.56. The summed E-state index contributed by atoms with van der Waals surface area (Å²) in [5, 5.41) is 0. The molecule has 1 N–H and O–H groups in total. The smallest absolute Gasteiger partial charge is 0.269 e. The summed E-state index contributed by atoms with van der Waals surface area (Å²) in [5.41, 5.74) is 3.52. The quantitative estimate of drug-likeness (QED) is 0.196. The minimum Gasteiger partial charge on any atom is -0.269 e. The van der Waals surface area contributed by atoms with Crippen molar-refractivity contribution in [1.29, 1.82) is 0 Å². The molecule has 1 amide bonds. The van der Waals surface area contributed by atoms with Crippen LogP contribution in [-0.2, 0) is 4.79 Å². The highest BCUT2D eigenvalue weighted by Crippen LogP contribution is 2.60. The van der Waals surface area contributed by atoms with E-state index in [1.54, 1.807) is 0 Å². The van der Waals surface area contributed by atoms with E-state index in [9.17, 15) is 4.79 Å². The molecule has 0 radical (unpaired) electrons. The normalized spacial score (nSPS) is 32.3. The molecule has 0 aromatic heterocycles. The Morgan fingerprint density at radius 2 is 1.24 bits per heavy atom. The lowest BCUT2D eigenvalue weighted by molar-refractivity contribution is -0.942. The standard InChI is InChI=1S/C26H48N2O/c1-4-6-7-8-9-10-11-12-13-14-15-28(3,5-2)27-25(29)26-19-22-16-23(20-26)18-24(17-22)21-26/h22-24H,4-21H2,1-3H3/p+1. The molecule has 3 heteroatoms. The minimum absolute atomic E-state index is 0.0127. The fraction of sp³-hybridized carbons (Fsp3) is 0.962. The molecule has 0 spiro atoms. The molecule has 4 fully saturated rings. The zero-order valence-corrected chi connectivity index (χ0v) is 19.8. The molecule has 3 nitrogen and oxygen atoms in total. The number of rotatable bonds is 14. The zero-order chi connectivity index (χ0) is 20.7. The monoisotopic (exact) mass is 405 g/mol. The van der Waals surface area contributed by atoms with Gasteiger partial charge in [0.2, 0.25) is 0 Å². The van der Waals surface area contributed by atoms with E-state index >= 15 is 0 Å². The van der Waals surface area contributed by atoms with Crippen molar-refractivity contribution in [2.75, 3.05) is 20.1 Å². The third kappa shape index (κ3) is 6.21. The topological polar surface area (TPSA) is 29.1 Å². The van der Waals surface area contributed by atoms with Gasteiger partial charge in [-0.25, -0.2) is 10.0 Å². The van der Waals surface area contributed by atoms with Gasteiger partial charge in [-0.3, -0.25) is 4.79 Å². The first-order chi connectivity index (χ1) is 14.0. The van der Waals surface area contributed by atoms with Crippen molar-refractivity contribution in [1.82, 2.24) is 5.43 Å². The summed E-state index contributed by atoms with van der Waals surface area (Å²) in [6.45, 7) is 6.60. The van der Waals surface area contributed by atoms with E-state index in [-0.39, 0.29) is 5.41 Å². The van der Waals surface area contributed by atoms with Crippen LogP contribution < -0.4 is 5.43 Å². The van der Waals surface area contributed by atoms with E-state index in [0.29, 0.717) is 5.91 Å². The van der Waals surface area contributed by atoms with Gasteiger partial charge in [-0.05, 0) is 76.0 Å². The van der Waals surface area contributed by atoms with Crippen LogP contribution in [0.2, 0.25) is 0 Å². The Labute approximate surface area is 180 Å². The van der Waals surface area contributed by atoms with Crippen molar-refractivity contribution < 1.29 is 9.39 Å². The van der Waals surface area contributed by atoms with Gasteiger partial charge >= 0.3 is 0 Å². The number of amides is 1. The molecule has 0 heterocycles. The predicted molar refractivity (Wildman–Crippen MR) is 122 cm³/mol. The molecule has 0 saturated heterocycles. The second-order valence-corrected chi connectivity index (χ2v) is 11.3. The first-order valence-corrected chi connectivity index (χ1v) is 13.2. The van der Waals surface area contributed by atoms with Crippen LogP contribution in [0.1, 0.15) is 117 Å². The first kappa shape index (κ1) is 23.1. The number of quaternary nitrogens is 1. The molecule has 29 heavy (non-hydrogen) atoms. The highest BCUT2D eigenvalue weighted by Gasteiger charge is 2.55. The summed E-state index contributed by atoms with van der Waals surface area (Å²) in [5.74, 6) is 2.92. The van der Waals surface area contributed by atoms with Gasteiger partial charge < -0.3 is 0 Å². The zero-order valence-electron chi connectivity index (χ0n) is 19.8. The maximum absolute atomic E-state index is 13.4. The van der Waals surface area contributed by atoms with Gasteiger partial charge in [0.25, 0.3) is 5.91 Å². The molecule has 4 saturated carbocycles. The molecule has 4 rings (SSSR count). The summed E-state index contributed by atoms with van der Waals surface area (Å²) in [4.78, 5) is 13.4. The highest BCUT2D eigenvalue weighted by molar-refractivity contribution is 5.82. The Hall–Kier alpha value is -0.570. The predicted octanol–water partition coefficient (Wildman–Crippen LogP) is 6.62. The van der Waals surface area contributed by atoms with Crippen molar-refractivity contribution in [2.24, 2.45) is 23.2 Å². The molecule has 4 bridgehead atoms. The van der Waals surface area contributed by atoms with Crippen molar-refractivity contribution in [2.45, 2.75) is 117 Å². The number of hydrogen-bond acceptors (Lipinski definition) is 1. The van der Waals surface area contributed by atoms with Crippen LogP contribution in [-0.4, -0.2) is 30.6 Å². The molecule has 0 aromatic carbocycles. The van der Waals surface area contributed by atoms with E-state index in [1.807, 2.05) is 0 Å². The van der Waals surface area contributed by atoms with Crippen molar-refractivity contribution >= 4 is 5.91 Å². The first-order valence-electron chi connectivity index (χ1n) is 13.2. The number of hydrogen-bond donors (Lipinski definition) is 1. The van der Waals surface area contributed by atoms with E-state index in [0.717, 1.165) is 35.4 Å². The lowest BCUT2D eigenvalue weighted by atomic mass is 9.49. The fourth-order valence-corrected chi connectivity index (χ4v) is 6.99. The molecular formula is C26H49N2O+. The molecule has 0 aromatic rings. The summed E-state index contributed by atoms with van der Waals surface area (Å²) in [6.07, 6.45) is 21.5. The Kier molecular flexibility index (Phi) is 8.48. The van der Waals surface area contributed by atoms with Crippen LogP contribution in [0.5, 0.6) is 0 Å². The van der Waals surface area contributed by atoms with E-state index in [2.05, 4.69) is 26.3 Å². The van der Waals surface area contributed by atoms with Crippen LogP contribution in [0.15, 0.2) is 0 Å². The van der Waals surface area contributed by atoms with Gasteiger partial charge in [0.05, 0.1) is 19.0 Å². The number of unbranched alkanes of at least 4 members (excludes halogenated alkanes) is 9. The summed E-state index contributed by atoms with van der Waals surface area (Å²) in [6, 6.07) is 0. The summed E-state index contributed by atoms with van der Waals surface area (Å²) >= 11 is 0. The van der Waals surface area contributed by atoms with Crippen LogP contribution in [0.4, 0.5) is 0 Å². The Bertz CT molecular complexity index is 482. The summed E-state index contributed by atoms with van der Waals surface area (Å²) < 4.78 is 0.734. The maximum Gasteiger partial charge on any atom is 0.271 e. The van der Waals surface area contributed by atoms with Crippen molar-refractivity contribution in [3.63, 3.8) is 0 Å². The molecule has 4 aliphatic rings. The third-order valence-electron chi connectivity index (χ3n) is 8.59. The number of carbonyl (C=O) groups is 1. The van der Waals surface area contributed by atoms with Crippen LogP contribution in [0.3, 0.4) is 0 Å². The Balaban J connectivity index is 1.35. The van der Waals surface area contributed by atoms with Gasteiger partial charge in [-0.2, -0.15) is 0 Å².